The molecule has 0 N–H and O–H groups in total. The maximum Gasteiger partial charge on any atom is 0.251 e. The van der Waals surface area contributed by atoms with E-state index in [1.165, 1.54) is 10.6 Å². The van der Waals surface area contributed by atoms with E-state index in [-0.39, 0.29) is 5.56 Å². The van der Waals surface area contributed by atoms with Crippen molar-refractivity contribution in [3.05, 3.63) is 34.7 Å². The van der Waals surface area contributed by atoms with Gasteiger partial charge in [0.2, 0.25) is 0 Å². The van der Waals surface area contributed by atoms with Gasteiger partial charge < -0.3 is 4.57 Å². The second-order valence-corrected chi connectivity index (χ2v) is 2.07. The molecule has 0 atom stereocenters. The summed E-state index contributed by atoms with van der Waals surface area (Å²) in [5.41, 5.74) is -0.109. The largest absolute Gasteiger partial charge is 0.314 e. The van der Waals surface area contributed by atoms with Crippen LogP contribution in [0.25, 0.3) is 0 Å². The van der Waals surface area contributed by atoms with Crippen LogP contribution in [0.2, 0.25) is 0 Å². The van der Waals surface area contributed by atoms with Crippen molar-refractivity contribution in [1.82, 2.24) is 4.57 Å². The number of aryl methyl sites for hydroxylation is 1. The van der Waals surface area contributed by atoms with E-state index in [0.29, 0.717) is 13.0 Å². The Bertz CT molecular complexity index is 321. The molecule has 0 aliphatic heterocycles. The van der Waals surface area contributed by atoms with Crippen LogP contribution < -0.4 is 5.56 Å². The van der Waals surface area contributed by atoms with E-state index in [2.05, 4.69) is 6.07 Å². The lowest BCUT2D eigenvalue weighted by molar-refractivity contribution is 0.686. The summed E-state index contributed by atoms with van der Waals surface area (Å²) in [7, 11) is 0. The standard InChI is InChI=1S/C8H7N2O/c9-5-3-7-10-6-2-1-4-8(10)11/h2,4,6H,3,7H2. The fraction of sp³-hybridized carbons (Fsp3) is 0.250. The van der Waals surface area contributed by atoms with Crippen LogP contribution in [0.3, 0.4) is 0 Å². The number of nitriles is 1. The topological polar surface area (TPSA) is 45.8 Å². The van der Waals surface area contributed by atoms with Gasteiger partial charge in [0.15, 0.2) is 0 Å². The van der Waals surface area contributed by atoms with Crippen LogP contribution in [0.1, 0.15) is 6.42 Å². The molecule has 0 saturated carbocycles. The summed E-state index contributed by atoms with van der Waals surface area (Å²) >= 11 is 0. The van der Waals surface area contributed by atoms with Crippen LogP contribution >= 0.6 is 0 Å². The van der Waals surface area contributed by atoms with Gasteiger partial charge in [-0.1, -0.05) is 0 Å². The van der Waals surface area contributed by atoms with Crippen molar-refractivity contribution in [2.24, 2.45) is 0 Å². The lowest BCUT2D eigenvalue weighted by atomic mass is 10.4. The summed E-state index contributed by atoms with van der Waals surface area (Å²) < 4.78 is 1.49. The molecule has 0 unspecified atom stereocenters. The smallest absolute Gasteiger partial charge is 0.251 e. The molecule has 55 valence electrons. The highest BCUT2D eigenvalue weighted by molar-refractivity contribution is 4.91. The molecule has 1 aromatic rings. The molecule has 11 heavy (non-hydrogen) atoms. The summed E-state index contributed by atoms with van der Waals surface area (Å²) in [5, 5.41) is 8.25. The van der Waals surface area contributed by atoms with Gasteiger partial charge in [-0.15, -0.1) is 0 Å². The quantitative estimate of drug-likeness (QED) is 0.613. The molecular formula is C8H7N2O. The normalized spacial score (nSPS) is 9.00. The van der Waals surface area contributed by atoms with Crippen molar-refractivity contribution in [2.75, 3.05) is 0 Å². The third kappa shape index (κ3) is 1.94. The minimum atomic E-state index is -0.109. The van der Waals surface area contributed by atoms with Gasteiger partial charge in [-0.2, -0.15) is 5.26 Å². The van der Waals surface area contributed by atoms with E-state index in [1.54, 1.807) is 12.3 Å². The number of hydrogen-bond donors (Lipinski definition) is 0. The molecule has 3 nitrogen and oxygen atoms in total. The van der Waals surface area contributed by atoms with Gasteiger partial charge in [-0.3, -0.25) is 4.79 Å². The second kappa shape index (κ2) is 3.57. The summed E-state index contributed by atoms with van der Waals surface area (Å²) in [5.74, 6) is 0. The molecule has 3 heteroatoms. The Balaban J connectivity index is 2.80. The van der Waals surface area contributed by atoms with E-state index in [9.17, 15) is 4.79 Å². The zero-order valence-electron chi connectivity index (χ0n) is 5.95. The molecule has 1 radical (unpaired) electrons. The molecule has 0 saturated heterocycles. The van der Waals surface area contributed by atoms with Crippen LogP contribution in [0.15, 0.2) is 23.1 Å². The summed E-state index contributed by atoms with van der Waals surface area (Å²) in [4.78, 5) is 10.9. The average molecular weight is 147 g/mol. The predicted octanol–water partition coefficient (Wildman–Crippen LogP) is 0.562. The molecular weight excluding hydrogens is 140 g/mol. The first-order chi connectivity index (χ1) is 5.34. The van der Waals surface area contributed by atoms with Crippen LogP contribution in [0.5, 0.6) is 0 Å². The fourth-order valence-electron chi connectivity index (χ4n) is 0.764. The molecule has 0 amide bonds. The predicted molar refractivity (Wildman–Crippen MR) is 39.8 cm³/mol. The number of rotatable bonds is 2. The number of hydrogen-bond acceptors (Lipinski definition) is 2. The van der Waals surface area contributed by atoms with E-state index >= 15 is 0 Å². The monoisotopic (exact) mass is 147 g/mol. The third-order valence-electron chi connectivity index (χ3n) is 1.31. The molecule has 1 rings (SSSR count). The first-order valence-electron chi connectivity index (χ1n) is 3.28. The minimum Gasteiger partial charge on any atom is -0.314 e. The SMILES string of the molecule is N#CCCn1cc[c]cc1=O. The molecule has 0 bridgehead atoms. The highest BCUT2D eigenvalue weighted by atomic mass is 16.1. The highest BCUT2D eigenvalue weighted by Crippen LogP contribution is 1.84. The highest BCUT2D eigenvalue weighted by Gasteiger charge is 1.90. The van der Waals surface area contributed by atoms with Crippen LogP contribution in [0.4, 0.5) is 0 Å². The van der Waals surface area contributed by atoms with Gasteiger partial charge in [0.1, 0.15) is 0 Å². The van der Waals surface area contributed by atoms with Gasteiger partial charge in [0.25, 0.3) is 5.56 Å². The van der Waals surface area contributed by atoms with Gasteiger partial charge in [0, 0.05) is 18.8 Å². The average Bonchev–Trinajstić information content (AvgIpc) is 2.03. The van der Waals surface area contributed by atoms with Gasteiger partial charge >= 0.3 is 0 Å². The first kappa shape index (κ1) is 7.55. The summed E-state index contributed by atoms with van der Waals surface area (Å²) in [6.07, 6.45) is 1.99. The van der Waals surface area contributed by atoms with E-state index in [4.69, 9.17) is 5.26 Å². The zero-order chi connectivity index (χ0) is 8.10. The Kier molecular flexibility index (Phi) is 2.45. The third-order valence-corrected chi connectivity index (χ3v) is 1.31. The summed E-state index contributed by atoms with van der Waals surface area (Å²) in [6, 6.07) is 7.64. The van der Waals surface area contributed by atoms with Gasteiger partial charge in [0.05, 0.1) is 12.5 Å². The second-order valence-electron chi connectivity index (χ2n) is 2.07. The molecule has 1 aromatic heterocycles. The van der Waals surface area contributed by atoms with E-state index in [0.717, 1.165) is 0 Å². The molecule has 0 fully saturated rings. The number of nitrogens with zero attached hydrogens (tertiary/aromatic N) is 2. The Morgan fingerprint density at radius 1 is 1.73 bits per heavy atom. The zero-order valence-corrected chi connectivity index (χ0v) is 5.95. The molecule has 0 aromatic carbocycles. The molecule has 1 heterocycles. The fourth-order valence-corrected chi connectivity index (χ4v) is 0.764. The minimum absolute atomic E-state index is 0.109. The van der Waals surface area contributed by atoms with E-state index in [1.807, 2.05) is 6.07 Å². The number of aromatic nitrogens is 1. The first-order valence-corrected chi connectivity index (χ1v) is 3.28. The van der Waals surface area contributed by atoms with Crippen molar-refractivity contribution >= 4 is 0 Å². The van der Waals surface area contributed by atoms with Crippen molar-refractivity contribution in [3.63, 3.8) is 0 Å². The van der Waals surface area contributed by atoms with Crippen molar-refractivity contribution in [3.8, 4) is 6.07 Å². The lowest BCUT2D eigenvalue weighted by Gasteiger charge is -1.98. The Morgan fingerprint density at radius 2 is 2.55 bits per heavy atom. The van der Waals surface area contributed by atoms with Gasteiger partial charge in [-0.25, -0.2) is 0 Å². The van der Waals surface area contributed by atoms with Crippen LogP contribution in [-0.2, 0) is 6.54 Å². The number of pyridine rings is 1. The van der Waals surface area contributed by atoms with Crippen molar-refractivity contribution in [1.29, 1.82) is 5.26 Å². The molecule has 0 aliphatic rings. The Labute approximate surface area is 64.5 Å². The maximum absolute atomic E-state index is 10.9. The maximum atomic E-state index is 10.9. The van der Waals surface area contributed by atoms with E-state index < -0.39 is 0 Å². The van der Waals surface area contributed by atoms with Crippen molar-refractivity contribution in [2.45, 2.75) is 13.0 Å². The molecule has 0 aliphatic carbocycles. The Morgan fingerprint density at radius 3 is 3.18 bits per heavy atom. The van der Waals surface area contributed by atoms with Crippen molar-refractivity contribution < 1.29 is 0 Å². The molecule has 0 spiro atoms. The Hall–Kier alpha value is -1.56. The lowest BCUT2D eigenvalue weighted by Crippen LogP contribution is -2.17. The summed E-state index contributed by atoms with van der Waals surface area (Å²) in [6.45, 7) is 0.462. The van der Waals surface area contributed by atoms with Crippen LogP contribution in [0, 0.1) is 17.4 Å². The van der Waals surface area contributed by atoms with Crippen LogP contribution in [-0.4, -0.2) is 4.57 Å². The van der Waals surface area contributed by atoms with Gasteiger partial charge in [-0.05, 0) is 12.1 Å².